The fourth-order valence-electron chi connectivity index (χ4n) is 1.89. The second-order valence-electron chi connectivity index (χ2n) is 4.65. The number of hydrogen-bond donors (Lipinski definition) is 2. The van der Waals surface area contributed by atoms with Crippen LogP contribution in [0.1, 0.15) is 25.5 Å². The highest BCUT2D eigenvalue weighted by atomic mass is 35.5. The maximum Gasteiger partial charge on any atom is 0.229 e. The van der Waals surface area contributed by atoms with E-state index in [0.717, 1.165) is 5.56 Å². The van der Waals surface area contributed by atoms with Crippen LogP contribution in [0.2, 0.25) is 5.28 Å². The summed E-state index contributed by atoms with van der Waals surface area (Å²) in [6, 6.07) is 10.1. The van der Waals surface area contributed by atoms with Crippen molar-refractivity contribution < 1.29 is 4.74 Å². The SMILES string of the molecule is CCOCCNc1nc(Cl)nc(NC(C)c2ccccc2)n1. The first kappa shape index (κ1) is 16.5. The fourth-order valence-corrected chi connectivity index (χ4v) is 2.05. The highest BCUT2D eigenvalue weighted by molar-refractivity contribution is 6.28. The second-order valence-corrected chi connectivity index (χ2v) is 4.99. The first-order valence-corrected chi connectivity index (χ1v) is 7.61. The van der Waals surface area contributed by atoms with Crippen LogP contribution in [0.4, 0.5) is 11.9 Å². The summed E-state index contributed by atoms with van der Waals surface area (Å²) >= 11 is 5.95. The van der Waals surface area contributed by atoms with Crippen LogP contribution in [0, 0.1) is 0 Å². The molecular formula is C15H20ClN5O. The molecule has 0 fully saturated rings. The van der Waals surface area contributed by atoms with E-state index in [0.29, 0.717) is 31.7 Å². The van der Waals surface area contributed by atoms with Gasteiger partial charge in [0.15, 0.2) is 0 Å². The van der Waals surface area contributed by atoms with E-state index in [1.54, 1.807) is 0 Å². The molecule has 2 N–H and O–H groups in total. The van der Waals surface area contributed by atoms with Gasteiger partial charge in [0.25, 0.3) is 0 Å². The standard InChI is InChI=1S/C15H20ClN5O/c1-3-22-10-9-17-14-19-13(16)20-15(21-14)18-11(2)12-7-5-4-6-8-12/h4-8,11H,3,9-10H2,1-2H3,(H2,17,18,19,20,21). The Bertz CT molecular complexity index is 581. The Balaban J connectivity index is 2.00. The van der Waals surface area contributed by atoms with Crippen LogP contribution in [-0.2, 0) is 4.74 Å². The minimum absolute atomic E-state index is 0.0657. The molecule has 0 saturated heterocycles. The molecule has 1 unspecified atom stereocenters. The lowest BCUT2D eigenvalue weighted by Crippen LogP contribution is -2.14. The lowest BCUT2D eigenvalue weighted by Gasteiger charge is -2.14. The van der Waals surface area contributed by atoms with Crippen LogP contribution in [0.5, 0.6) is 0 Å². The van der Waals surface area contributed by atoms with Gasteiger partial charge >= 0.3 is 0 Å². The predicted molar refractivity (Wildman–Crippen MR) is 88.3 cm³/mol. The summed E-state index contributed by atoms with van der Waals surface area (Å²) < 4.78 is 5.26. The summed E-state index contributed by atoms with van der Waals surface area (Å²) in [7, 11) is 0. The zero-order chi connectivity index (χ0) is 15.8. The summed E-state index contributed by atoms with van der Waals surface area (Å²) in [5.74, 6) is 0.873. The average Bonchev–Trinajstić information content (AvgIpc) is 2.52. The average molecular weight is 322 g/mol. The first-order chi connectivity index (χ1) is 10.7. The normalized spacial score (nSPS) is 12.0. The molecule has 0 aliphatic rings. The summed E-state index contributed by atoms with van der Waals surface area (Å²) in [4.78, 5) is 12.5. The van der Waals surface area contributed by atoms with Crippen LogP contribution >= 0.6 is 11.6 Å². The maximum atomic E-state index is 5.95. The molecule has 0 aliphatic carbocycles. The van der Waals surface area contributed by atoms with Gasteiger partial charge in [-0.2, -0.15) is 15.0 Å². The van der Waals surface area contributed by atoms with Gasteiger partial charge < -0.3 is 15.4 Å². The number of ether oxygens (including phenoxy) is 1. The molecule has 0 spiro atoms. The van der Waals surface area contributed by atoms with Gasteiger partial charge in [0.05, 0.1) is 12.6 Å². The van der Waals surface area contributed by atoms with E-state index >= 15 is 0 Å². The maximum absolute atomic E-state index is 5.95. The minimum Gasteiger partial charge on any atom is -0.380 e. The van der Waals surface area contributed by atoms with Crippen LogP contribution in [-0.4, -0.2) is 34.7 Å². The third kappa shape index (κ3) is 5.13. The van der Waals surface area contributed by atoms with Gasteiger partial charge in [-0.15, -0.1) is 0 Å². The van der Waals surface area contributed by atoms with E-state index in [9.17, 15) is 0 Å². The Labute approximate surface area is 135 Å². The van der Waals surface area contributed by atoms with Crippen LogP contribution in [0.25, 0.3) is 0 Å². The minimum atomic E-state index is 0.0657. The van der Waals surface area contributed by atoms with Crippen molar-refractivity contribution in [2.45, 2.75) is 19.9 Å². The number of anilines is 2. The molecular weight excluding hydrogens is 302 g/mol. The van der Waals surface area contributed by atoms with E-state index in [1.807, 2.05) is 44.2 Å². The van der Waals surface area contributed by atoms with Crippen molar-refractivity contribution in [3.05, 3.63) is 41.2 Å². The molecule has 0 aliphatic heterocycles. The van der Waals surface area contributed by atoms with Crippen molar-refractivity contribution >= 4 is 23.5 Å². The van der Waals surface area contributed by atoms with Crippen LogP contribution < -0.4 is 10.6 Å². The molecule has 0 radical (unpaired) electrons. The Hall–Kier alpha value is -1.92. The Morgan fingerprint density at radius 1 is 1.14 bits per heavy atom. The van der Waals surface area contributed by atoms with Crippen LogP contribution in [0.3, 0.4) is 0 Å². The first-order valence-electron chi connectivity index (χ1n) is 7.23. The third-order valence-corrected chi connectivity index (χ3v) is 3.16. The number of halogens is 1. The second kappa shape index (κ2) is 8.51. The van der Waals surface area contributed by atoms with Crippen molar-refractivity contribution in [1.82, 2.24) is 15.0 Å². The summed E-state index contributed by atoms with van der Waals surface area (Å²) in [5.41, 5.74) is 1.14. The molecule has 6 nitrogen and oxygen atoms in total. The molecule has 0 saturated carbocycles. The number of aromatic nitrogens is 3. The molecule has 2 rings (SSSR count). The molecule has 2 aromatic rings. The van der Waals surface area contributed by atoms with Gasteiger partial charge in [0.1, 0.15) is 0 Å². The lowest BCUT2D eigenvalue weighted by atomic mass is 10.1. The van der Waals surface area contributed by atoms with Gasteiger partial charge in [0, 0.05) is 13.2 Å². The lowest BCUT2D eigenvalue weighted by molar-refractivity contribution is 0.158. The van der Waals surface area contributed by atoms with Gasteiger partial charge in [0.2, 0.25) is 17.2 Å². The number of nitrogens with zero attached hydrogens (tertiary/aromatic N) is 3. The van der Waals surface area contributed by atoms with E-state index in [-0.39, 0.29) is 11.3 Å². The Kier molecular flexibility index (Phi) is 6.36. The quantitative estimate of drug-likeness (QED) is 0.728. The van der Waals surface area contributed by atoms with E-state index < -0.39 is 0 Å². The monoisotopic (exact) mass is 321 g/mol. The molecule has 1 heterocycles. The Morgan fingerprint density at radius 3 is 2.59 bits per heavy atom. The molecule has 1 aromatic heterocycles. The van der Waals surface area contributed by atoms with Gasteiger partial charge in [-0.05, 0) is 31.0 Å². The van der Waals surface area contributed by atoms with E-state index in [2.05, 4.69) is 25.6 Å². The van der Waals surface area contributed by atoms with Crippen molar-refractivity contribution in [2.75, 3.05) is 30.4 Å². The molecule has 118 valence electrons. The summed E-state index contributed by atoms with van der Waals surface area (Å²) in [6.45, 7) is 5.87. The Morgan fingerprint density at radius 2 is 1.86 bits per heavy atom. The van der Waals surface area contributed by atoms with E-state index in [1.165, 1.54) is 0 Å². The molecule has 1 atom stereocenters. The zero-order valence-electron chi connectivity index (χ0n) is 12.7. The van der Waals surface area contributed by atoms with Crippen molar-refractivity contribution in [3.8, 4) is 0 Å². The fraction of sp³-hybridized carbons (Fsp3) is 0.400. The van der Waals surface area contributed by atoms with Crippen molar-refractivity contribution in [3.63, 3.8) is 0 Å². The van der Waals surface area contributed by atoms with Crippen molar-refractivity contribution in [2.24, 2.45) is 0 Å². The molecule has 1 aromatic carbocycles. The number of rotatable bonds is 8. The smallest absolute Gasteiger partial charge is 0.229 e. The highest BCUT2D eigenvalue weighted by Crippen LogP contribution is 2.18. The van der Waals surface area contributed by atoms with Crippen molar-refractivity contribution in [1.29, 1.82) is 0 Å². The van der Waals surface area contributed by atoms with Gasteiger partial charge in [-0.3, -0.25) is 0 Å². The molecule has 22 heavy (non-hydrogen) atoms. The predicted octanol–water partition coefficient (Wildman–Crippen LogP) is 3.15. The molecule has 0 amide bonds. The van der Waals surface area contributed by atoms with E-state index in [4.69, 9.17) is 16.3 Å². The highest BCUT2D eigenvalue weighted by Gasteiger charge is 2.09. The number of nitrogens with one attached hydrogen (secondary N) is 2. The molecule has 7 heteroatoms. The van der Waals surface area contributed by atoms with Crippen LogP contribution in [0.15, 0.2) is 30.3 Å². The topological polar surface area (TPSA) is 72.0 Å². The summed E-state index contributed by atoms with van der Waals surface area (Å²) in [5, 5.41) is 6.43. The van der Waals surface area contributed by atoms with Gasteiger partial charge in [-0.25, -0.2) is 0 Å². The third-order valence-electron chi connectivity index (χ3n) is 2.99. The zero-order valence-corrected chi connectivity index (χ0v) is 13.5. The number of hydrogen-bond acceptors (Lipinski definition) is 6. The molecule has 0 bridgehead atoms. The van der Waals surface area contributed by atoms with Gasteiger partial charge in [-0.1, -0.05) is 30.3 Å². The largest absolute Gasteiger partial charge is 0.380 e. The number of benzene rings is 1. The summed E-state index contributed by atoms with van der Waals surface area (Å²) in [6.07, 6.45) is 0.